The summed E-state index contributed by atoms with van der Waals surface area (Å²) in [5.41, 5.74) is -3.97. The van der Waals surface area contributed by atoms with E-state index in [4.69, 9.17) is 0 Å². The zero-order valence-electron chi connectivity index (χ0n) is 22.9. The highest BCUT2D eigenvalue weighted by molar-refractivity contribution is 8.00. The van der Waals surface area contributed by atoms with Crippen molar-refractivity contribution >= 4 is 34.9 Å². The Hall–Kier alpha value is -3.70. The Bertz CT molecular complexity index is 1510. The summed E-state index contributed by atoms with van der Waals surface area (Å²) in [6.45, 7) is 0.252. The standard InChI is InChI=1S/C27H31F3N8O2S/c1-35(2)16-24(39)37-18-9-11-19(21(37)12-10-18)33-23-8-4-7-22-25(41-27(28,29)30)20(34-38(22)23)6-5-13-31-26(40)17-14-32-36(3)15-17/h4,7-8,14-15,18-19,21,33H,9-13,16H2,1-3H3,(H,31,40)/t18-,19-,21-/m1/s1. The molecule has 2 saturated heterocycles. The van der Waals surface area contributed by atoms with E-state index in [-0.39, 0.29) is 58.4 Å². The van der Waals surface area contributed by atoms with Crippen LogP contribution in [-0.4, -0.2) is 91.8 Å². The van der Waals surface area contributed by atoms with E-state index in [0.29, 0.717) is 17.9 Å². The third-order valence-electron chi connectivity index (χ3n) is 7.24. The number of nitrogens with zero attached hydrogens (tertiary/aromatic N) is 6. The molecule has 5 heterocycles. The Labute approximate surface area is 239 Å². The molecule has 0 aromatic carbocycles. The van der Waals surface area contributed by atoms with Crippen LogP contribution in [0.5, 0.6) is 0 Å². The molecule has 5 rings (SSSR count). The zero-order chi connectivity index (χ0) is 29.3. The van der Waals surface area contributed by atoms with Crippen LogP contribution in [0.4, 0.5) is 19.0 Å². The van der Waals surface area contributed by atoms with Gasteiger partial charge in [-0.1, -0.05) is 12.0 Å². The van der Waals surface area contributed by atoms with Crippen LogP contribution in [0.15, 0.2) is 35.5 Å². The van der Waals surface area contributed by atoms with Crippen LogP contribution in [-0.2, 0) is 11.8 Å². The largest absolute Gasteiger partial charge is 0.446 e. The predicted molar refractivity (Wildman–Crippen MR) is 148 cm³/mol. The van der Waals surface area contributed by atoms with Crippen molar-refractivity contribution in [2.75, 3.05) is 32.5 Å². The fourth-order valence-electron chi connectivity index (χ4n) is 5.60. The van der Waals surface area contributed by atoms with E-state index in [0.717, 1.165) is 25.7 Å². The maximum atomic E-state index is 13.6. The first-order chi connectivity index (χ1) is 19.5. The van der Waals surface area contributed by atoms with Gasteiger partial charge in [0.05, 0.1) is 41.3 Å². The molecule has 3 aromatic rings. The number of rotatable bonds is 7. The maximum absolute atomic E-state index is 13.6. The number of likely N-dealkylation sites (N-methyl/N-ethyl adjacent to an activating group) is 1. The van der Waals surface area contributed by atoms with Gasteiger partial charge in [-0.2, -0.15) is 23.4 Å². The lowest BCUT2D eigenvalue weighted by atomic mass is 9.97. The number of carbonyl (C=O) groups is 2. The van der Waals surface area contributed by atoms with E-state index in [9.17, 15) is 22.8 Å². The molecule has 0 spiro atoms. The number of fused-ring (bicyclic) bond motifs is 3. The third-order valence-corrected chi connectivity index (χ3v) is 8.07. The fraction of sp³-hybridized carbons (Fsp3) is 0.481. The smallest absolute Gasteiger partial charge is 0.365 e. The van der Waals surface area contributed by atoms with E-state index in [1.807, 2.05) is 23.9 Å². The van der Waals surface area contributed by atoms with Gasteiger partial charge >= 0.3 is 5.51 Å². The van der Waals surface area contributed by atoms with Gasteiger partial charge in [0.15, 0.2) is 0 Å². The van der Waals surface area contributed by atoms with Gasteiger partial charge in [-0.3, -0.25) is 14.3 Å². The van der Waals surface area contributed by atoms with Crippen molar-refractivity contribution in [3.63, 3.8) is 0 Å². The number of halogens is 3. The molecule has 0 aliphatic carbocycles. The summed E-state index contributed by atoms with van der Waals surface area (Å²) in [4.78, 5) is 29.0. The number of aryl methyl sites for hydroxylation is 1. The molecule has 2 aliphatic rings. The van der Waals surface area contributed by atoms with Crippen LogP contribution < -0.4 is 10.6 Å². The average Bonchev–Trinajstić information content (AvgIpc) is 3.57. The van der Waals surface area contributed by atoms with Gasteiger partial charge in [-0.05, 0) is 69.6 Å². The Kier molecular flexibility index (Phi) is 8.19. The van der Waals surface area contributed by atoms with Crippen LogP contribution >= 0.6 is 11.8 Å². The molecule has 2 fully saturated rings. The van der Waals surface area contributed by atoms with Crippen LogP contribution in [0.1, 0.15) is 41.7 Å². The molecule has 3 atom stereocenters. The van der Waals surface area contributed by atoms with Crippen molar-refractivity contribution in [2.45, 2.75) is 54.2 Å². The number of aromatic nitrogens is 4. The first kappa shape index (κ1) is 28.8. The van der Waals surface area contributed by atoms with Gasteiger partial charge in [-0.25, -0.2) is 4.52 Å². The van der Waals surface area contributed by atoms with E-state index in [1.165, 1.54) is 15.4 Å². The number of piperidine rings is 1. The van der Waals surface area contributed by atoms with E-state index in [2.05, 4.69) is 32.7 Å². The number of thioether (sulfide) groups is 1. The molecule has 14 heteroatoms. The Balaban J connectivity index is 1.39. The maximum Gasteiger partial charge on any atom is 0.446 e. The van der Waals surface area contributed by atoms with Crippen molar-refractivity contribution < 1.29 is 22.8 Å². The summed E-state index contributed by atoms with van der Waals surface area (Å²) < 4.78 is 43.6. The topological polar surface area (TPSA) is 99.8 Å². The number of carbonyl (C=O) groups excluding carboxylic acids is 2. The Morgan fingerprint density at radius 1 is 1.20 bits per heavy atom. The van der Waals surface area contributed by atoms with Gasteiger partial charge in [0.1, 0.15) is 11.5 Å². The Morgan fingerprint density at radius 2 is 1.98 bits per heavy atom. The highest BCUT2D eigenvalue weighted by atomic mass is 32.2. The van der Waals surface area contributed by atoms with E-state index in [1.54, 1.807) is 31.4 Å². The Morgan fingerprint density at radius 3 is 2.68 bits per heavy atom. The van der Waals surface area contributed by atoms with Gasteiger partial charge < -0.3 is 20.4 Å². The summed E-state index contributed by atoms with van der Waals surface area (Å²) in [7, 11) is 5.41. The molecule has 3 aromatic heterocycles. The van der Waals surface area contributed by atoms with Crippen LogP contribution in [0.25, 0.3) is 5.52 Å². The highest BCUT2D eigenvalue weighted by Crippen LogP contribution is 2.42. The molecule has 0 radical (unpaired) electrons. The predicted octanol–water partition coefficient (Wildman–Crippen LogP) is 2.96. The molecule has 2 N–H and O–H groups in total. The van der Waals surface area contributed by atoms with Gasteiger partial charge in [0.25, 0.3) is 5.91 Å². The molecular formula is C27H31F3N8O2S. The van der Waals surface area contributed by atoms with Gasteiger partial charge in [-0.15, -0.1) is 0 Å². The molecule has 2 bridgehead atoms. The molecule has 41 heavy (non-hydrogen) atoms. The summed E-state index contributed by atoms with van der Waals surface area (Å²) in [5.74, 6) is 5.65. The zero-order valence-corrected chi connectivity index (χ0v) is 23.7. The molecule has 10 nitrogen and oxygen atoms in total. The second kappa shape index (κ2) is 11.7. The first-order valence-corrected chi connectivity index (χ1v) is 14.1. The van der Waals surface area contributed by atoms with Gasteiger partial charge in [0, 0.05) is 25.3 Å². The molecule has 218 valence electrons. The number of pyridine rings is 1. The molecule has 0 saturated carbocycles. The van der Waals surface area contributed by atoms with Crippen LogP contribution in [0, 0.1) is 11.8 Å². The number of nitrogens with one attached hydrogen (secondary N) is 2. The number of hydrogen-bond donors (Lipinski definition) is 2. The molecule has 2 amide bonds. The SMILES string of the molecule is CN(C)CC(=O)N1[C@H]2CC[C@@H]1[C@H](Nc1cccc3c(SC(F)(F)F)c(C#CCNC(=O)c4cnn(C)c4)nn13)CC2. The molecular weight excluding hydrogens is 557 g/mol. The lowest BCUT2D eigenvalue weighted by Gasteiger charge is -2.41. The summed E-state index contributed by atoms with van der Waals surface area (Å²) in [6, 6.07) is 5.17. The van der Waals surface area contributed by atoms with Crippen molar-refractivity contribution in [1.29, 1.82) is 0 Å². The van der Waals surface area contributed by atoms with Crippen LogP contribution in [0.3, 0.4) is 0 Å². The number of alkyl halides is 3. The lowest BCUT2D eigenvalue weighted by molar-refractivity contribution is -0.136. The molecule has 0 unspecified atom stereocenters. The minimum absolute atomic E-state index is 0.00118. The normalized spacial score (nSPS) is 20.3. The summed E-state index contributed by atoms with van der Waals surface area (Å²) >= 11 is -0.266. The summed E-state index contributed by atoms with van der Waals surface area (Å²) in [6.07, 6.45) is 6.47. The number of hydrogen-bond acceptors (Lipinski definition) is 7. The average molecular weight is 589 g/mol. The van der Waals surface area contributed by atoms with Crippen molar-refractivity contribution in [3.05, 3.63) is 41.9 Å². The minimum Gasteiger partial charge on any atom is -0.365 e. The van der Waals surface area contributed by atoms with Gasteiger partial charge in [0.2, 0.25) is 5.91 Å². The monoisotopic (exact) mass is 588 g/mol. The van der Waals surface area contributed by atoms with Crippen molar-refractivity contribution in [1.82, 2.24) is 34.5 Å². The van der Waals surface area contributed by atoms with E-state index >= 15 is 0 Å². The molecule has 2 aliphatic heterocycles. The van der Waals surface area contributed by atoms with Crippen LogP contribution in [0.2, 0.25) is 0 Å². The second-order valence-electron chi connectivity index (χ2n) is 10.5. The van der Waals surface area contributed by atoms with Crippen molar-refractivity contribution in [3.8, 4) is 11.8 Å². The van der Waals surface area contributed by atoms with Crippen molar-refractivity contribution in [2.24, 2.45) is 7.05 Å². The summed E-state index contributed by atoms with van der Waals surface area (Å²) in [5, 5.41) is 14.5. The number of anilines is 1. The van der Waals surface area contributed by atoms with E-state index < -0.39 is 11.4 Å². The number of amides is 2. The lowest BCUT2D eigenvalue weighted by Crippen LogP contribution is -2.54. The quantitative estimate of drug-likeness (QED) is 0.324. The fourth-order valence-corrected chi connectivity index (χ4v) is 6.28. The highest BCUT2D eigenvalue weighted by Gasteiger charge is 2.45. The second-order valence-corrected chi connectivity index (χ2v) is 11.6. The third kappa shape index (κ3) is 6.46. The first-order valence-electron chi connectivity index (χ1n) is 13.3. The minimum atomic E-state index is -4.55.